The first-order valence-corrected chi connectivity index (χ1v) is 6.41. The lowest BCUT2D eigenvalue weighted by molar-refractivity contribution is 0.420. The number of hydrogen-bond donors (Lipinski definition) is 2. The van der Waals surface area contributed by atoms with Crippen molar-refractivity contribution in [1.29, 1.82) is 0 Å². The lowest BCUT2D eigenvalue weighted by atomic mass is 9.97. The molecule has 4 heteroatoms. The molecular weight excluding hydrogens is 223 g/mol. The molecular formula is C12H17FN2S. The normalized spacial score (nSPS) is 19.6. The number of thioether (sulfide) groups is 1. The van der Waals surface area contributed by atoms with Crippen molar-refractivity contribution >= 4 is 11.8 Å². The van der Waals surface area contributed by atoms with Crippen molar-refractivity contribution in [1.82, 2.24) is 5.32 Å². The van der Waals surface area contributed by atoms with Crippen molar-refractivity contribution < 1.29 is 4.39 Å². The van der Waals surface area contributed by atoms with E-state index in [4.69, 9.17) is 5.73 Å². The maximum atomic E-state index is 12.8. The van der Waals surface area contributed by atoms with Crippen LogP contribution in [0.2, 0.25) is 0 Å². The highest BCUT2D eigenvalue weighted by atomic mass is 32.2. The second-order valence-electron chi connectivity index (χ2n) is 4.19. The Kier molecular flexibility index (Phi) is 3.84. The van der Waals surface area contributed by atoms with Crippen molar-refractivity contribution in [3.05, 3.63) is 30.1 Å². The van der Waals surface area contributed by atoms with Gasteiger partial charge in [-0.15, -0.1) is 11.8 Å². The average Bonchev–Trinajstić information content (AvgIpc) is 2.33. The molecule has 1 aliphatic heterocycles. The molecule has 0 saturated carbocycles. The number of halogens is 1. The molecule has 0 atom stereocenters. The largest absolute Gasteiger partial charge is 0.329 e. The summed E-state index contributed by atoms with van der Waals surface area (Å²) in [6.45, 7) is 2.72. The molecule has 0 aliphatic carbocycles. The van der Waals surface area contributed by atoms with Gasteiger partial charge in [0.25, 0.3) is 0 Å². The molecule has 16 heavy (non-hydrogen) atoms. The van der Waals surface area contributed by atoms with Gasteiger partial charge >= 0.3 is 0 Å². The fourth-order valence-corrected chi connectivity index (χ4v) is 3.25. The van der Waals surface area contributed by atoms with Crippen LogP contribution in [0.25, 0.3) is 0 Å². The van der Waals surface area contributed by atoms with E-state index in [0.29, 0.717) is 6.54 Å². The van der Waals surface area contributed by atoms with Crippen molar-refractivity contribution in [3.63, 3.8) is 0 Å². The van der Waals surface area contributed by atoms with E-state index < -0.39 is 0 Å². The molecule has 0 spiro atoms. The molecule has 1 aromatic carbocycles. The zero-order valence-corrected chi connectivity index (χ0v) is 10.0. The predicted octanol–water partition coefficient (Wildman–Crippen LogP) is 2.00. The molecule has 2 nitrogen and oxygen atoms in total. The van der Waals surface area contributed by atoms with Crippen LogP contribution >= 0.6 is 11.8 Å². The van der Waals surface area contributed by atoms with Crippen molar-refractivity contribution in [2.24, 2.45) is 5.73 Å². The summed E-state index contributed by atoms with van der Waals surface area (Å²) in [4.78, 5) is 1.11. The summed E-state index contributed by atoms with van der Waals surface area (Å²) in [5, 5.41) is 3.34. The molecule has 0 bridgehead atoms. The third-order valence-corrected chi connectivity index (χ3v) is 4.55. The quantitative estimate of drug-likeness (QED) is 0.848. The molecule has 0 unspecified atom stereocenters. The minimum Gasteiger partial charge on any atom is -0.329 e. The van der Waals surface area contributed by atoms with Crippen LogP contribution in [-0.2, 0) is 0 Å². The number of piperidine rings is 1. The Labute approximate surface area is 99.8 Å². The summed E-state index contributed by atoms with van der Waals surface area (Å²) in [6, 6.07) is 6.68. The summed E-state index contributed by atoms with van der Waals surface area (Å²) >= 11 is 1.79. The van der Waals surface area contributed by atoms with Gasteiger partial charge in [0.1, 0.15) is 5.82 Å². The number of nitrogens with one attached hydrogen (secondary N) is 1. The number of hydrogen-bond acceptors (Lipinski definition) is 3. The minimum atomic E-state index is -0.184. The van der Waals surface area contributed by atoms with Gasteiger partial charge in [-0.1, -0.05) is 0 Å². The topological polar surface area (TPSA) is 38.0 Å². The van der Waals surface area contributed by atoms with Crippen LogP contribution in [0, 0.1) is 5.82 Å². The highest BCUT2D eigenvalue weighted by molar-refractivity contribution is 8.00. The fourth-order valence-electron chi connectivity index (χ4n) is 1.98. The number of nitrogens with two attached hydrogens (primary N) is 1. The molecule has 0 amide bonds. The molecule has 1 saturated heterocycles. The van der Waals surface area contributed by atoms with Crippen LogP contribution in [0.3, 0.4) is 0 Å². The molecule has 88 valence electrons. The van der Waals surface area contributed by atoms with E-state index in [-0.39, 0.29) is 10.6 Å². The Morgan fingerprint density at radius 3 is 2.44 bits per heavy atom. The van der Waals surface area contributed by atoms with Crippen LogP contribution in [0.1, 0.15) is 12.8 Å². The van der Waals surface area contributed by atoms with E-state index in [1.165, 1.54) is 12.1 Å². The van der Waals surface area contributed by atoms with Gasteiger partial charge in [0.2, 0.25) is 0 Å². The Bertz CT molecular complexity index is 333. The monoisotopic (exact) mass is 240 g/mol. The van der Waals surface area contributed by atoms with Crippen LogP contribution in [0.15, 0.2) is 29.2 Å². The van der Waals surface area contributed by atoms with Gasteiger partial charge < -0.3 is 11.1 Å². The van der Waals surface area contributed by atoms with Crippen molar-refractivity contribution in [3.8, 4) is 0 Å². The highest BCUT2D eigenvalue weighted by Gasteiger charge is 2.31. The lowest BCUT2D eigenvalue weighted by Gasteiger charge is -2.36. The molecule has 0 aromatic heterocycles. The van der Waals surface area contributed by atoms with E-state index in [2.05, 4.69) is 5.32 Å². The van der Waals surface area contributed by atoms with E-state index in [0.717, 1.165) is 30.8 Å². The van der Waals surface area contributed by atoms with Crippen LogP contribution in [0.4, 0.5) is 4.39 Å². The van der Waals surface area contributed by atoms with Gasteiger partial charge in [0, 0.05) is 16.2 Å². The van der Waals surface area contributed by atoms with Gasteiger partial charge in [-0.05, 0) is 50.2 Å². The first-order valence-electron chi connectivity index (χ1n) is 5.59. The van der Waals surface area contributed by atoms with Crippen LogP contribution in [-0.4, -0.2) is 24.4 Å². The minimum absolute atomic E-state index is 0.128. The Morgan fingerprint density at radius 1 is 1.25 bits per heavy atom. The zero-order valence-electron chi connectivity index (χ0n) is 9.21. The fraction of sp³-hybridized carbons (Fsp3) is 0.500. The smallest absolute Gasteiger partial charge is 0.123 e. The molecule has 1 heterocycles. The first-order chi connectivity index (χ1) is 7.74. The third-order valence-electron chi connectivity index (χ3n) is 3.03. The molecule has 0 radical (unpaired) electrons. The molecule has 2 rings (SSSR count). The molecule has 1 aliphatic rings. The number of benzene rings is 1. The molecule has 1 fully saturated rings. The van der Waals surface area contributed by atoms with Gasteiger partial charge in [-0.25, -0.2) is 4.39 Å². The number of rotatable bonds is 3. The second-order valence-corrected chi connectivity index (χ2v) is 5.73. The maximum Gasteiger partial charge on any atom is 0.123 e. The summed E-state index contributed by atoms with van der Waals surface area (Å²) in [5.41, 5.74) is 5.89. The predicted molar refractivity (Wildman–Crippen MR) is 66.1 cm³/mol. The van der Waals surface area contributed by atoms with Gasteiger partial charge in [-0.3, -0.25) is 0 Å². The summed E-state index contributed by atoms with van der Waals surface area (Å²) in [6.07, 6.45) is 2.15. The van der Waals surface area contributed by atoms with E-state index >= 15 is 0 Å². The average molecular weight is 240 g/mol. The summed E-state index contributed by atoms with van der Waals surface area (Å²) < 4.78 is 12.9. The standard InChI is InChI=1S/C12H17FN2S/c13-10-1-3-11(4-2-10)16-12(9-14)5-7-15-8-6-12/h1-4,15H,5-9,14H2. The van der Waals surface area contributed by atoms with Gasteiger partial charge in [0.05, 0.1) is 0 Å². The van der Waals surface area contributed by atoms with Crippen LogP contribution < -0.4 is 11.1 Å². The highest BCUT2D eigenvalue weighted by Crippen LogP contribution is 2.38. The maximum absolute atomic E-state index is 12.8. The van der Waals surface area contributed by atoms with Gasteiger partial charge in [-0.2, -0.15) is 0 Å². The van der Waals surface area contributed by atoms with Crippen molar-refractivity contribution in [2.75, 3.05) is 19.6 Å². The molecule has 1 aromatic rings. The zero-order chi connectivity index (χ0) is 11.4. The second kappa shape index (κ2) is 5.17. The summed E-state index contributed by atoms with van der Waals surface area (Å²) in [5.74, 6) is -0.184. The first kappa shape index (κ1) is 11.9. The van der Waals surface area contributed by atoms with E-state index in [1.54, 1.807) is 11.8 Å². The van der Waals surface area contributed by atoms with Crippen LogP contribution in [0.5, 0.6) is 0 Å². The van der Waals surface area contributed by atoms with Crippen molar-refractivity contribution in [2.45, 2.75) is 22.5 Å². The molecule has 3 N–H and O–H groups in total. The third kappa shape index (κ3) is 2.75. The van der Waals surface area contributed by atoms with Gasteiger partial charge in [0.15, 0.2) is 0 Å². The lowest BCUT2D eigenvalue weighted by Crippen LogP contribution is -2.44. The van der Waals surface area contributed by atoms with E-state index in [1.807, 2.05) is 12.1 Å². The SMILES string of the molecule is NCC1(Sc2ccc(F)cc2)CCNCC1. The Hall–Kier alpha value is -0.580. The Morgan fingerprint density at radius 2 is 1.88 bits per heavy atom. The summed E-state index contributed by atoms with van der Waals surface area (Å²) in [7, 11) is 0. The van der Waals surface area contributed by atoms with E-state index in [9.17, 15) is 4.39 Å². The Balaban J connectivity index is 2.08.